The Morgan fingerprint density at radius 1 is 1.26 bits per heavy atom. The summed E-state index contributed by atoms with van der Waals surface area (Å²) < 4.78 is 5.24. The molecule has 6 heteroatoms. The summed E-state index contributed by atoms with van der Waals surface area (Å²) in [6.07, 6.45) is 5.10. The molecule has 1 N–H and O–H groups in total. The molecule has 0 bridgehead atoms. The minimum atomic E-state index is -0.411. The van der Waals surface area contributed by atoms with Gasteiger partial charge in [-0.3, -0.25) is 4.79 Å². The minimum Gasteiger partial charge on any atom is -0.459 e. The van der Waals surface area contributed by atoms with Crippen molar-refractivity contribution in [1.29, 1.82) is 0 Å². The number of carbonyl (C=O) groups is 1. The van der Waals surface area contributed by atoms with Gasteiger partial charge in [-0.05, 0) is 29.3 Å². The van der Waals surface area contributed by atoms with Crippen LogP contribution < -0.4 is 0 Å². The molecule has 116 valence electrons. The van der Waals surface area contributed by atoms with Gasteiger partial charge in [0, 0.05) is 24.4 Å². The number of rotatable bonds is 6. The lowest BCUT2D eigenvalue weighted by Gasteiger charge is -2.15. The summed E-state index contributed by atoms with van der Waals surface area (Å²) in [5, 5.41) is 0.435. The molecule has 0 fully saturated rings. The summed E-state index contributed by atoms with van der Waals surface area (Å²) in [6, 6.07) is 11.4. The fraction of sp³-hybridized carbons (Fsp3) is 0.118. The normalized spacial score (nSPS) is 11.9. The third-order valence-electron chi connectivity index (χ3n) is 3.50. The van der Waals surface area contributed by atoms with E-state index < -0.39 is 6.10 Å². The van der Waals surface area contributed by atoms with Crippen molar-refractivity contribution in [2.45, 2.75) is 12.5 Å². The number of aromatic nitrogens is 3. The zero-order valence-electron chi connectivity index (χ0n) is 12.1. The van der Waals surface area contributed by atoms with E-state index in [1.165, 1.54) is 0 Å². The number of carbonyl (C=O) groups excluding carboxylic acids is 1. The SMILES string of the molecule is O=COC(Cc1c[nH]cn1)c1cccc(-c2cccnc2Cl)c1. The van der Waals surface area contributed by atoms with Gasteiger partial charge in [-0.25, -0.2) is 9.97 Å². The standard InChI is InChI=1S/C17H14ClN3O2/c18-17-15(5-2-6-20-17)12-3-1-4-13(7-12)16(23-11-22)8-14-9-19-10-21-14/h1-7,9-11,16H,8H2,(H,19,21). The van der Waals surface area contributed by atoms with Gasteiger partial charge in [0.25, 0.3) is 6.47 Å². The van der Waals surface area contributed by atoms with E-state index in [4.69, 9.17) is 16.3 Å². The van der Waals surface area contributed by atoms with Crippen LogP contribution in [0.2, 0.25) is 5.15 Å². The van der Waals surface area contributed by atoms with Gasteiger partial charge < -0.3 is 9.72 Å². The van der Waals surface area contributed by atoms with Crippen LogP contribution in [0.25, 0.3) is 11.1 Å². The molecule has 3 aromatic rings. The zero-order chi connectivity index (χ0) is 16.1. The average Bonchev–Trinajstić information content (AvgIpc) is 3.08. The van der Waals surface area contributed by atoms with Gasteiger partial charge in [0.2, 0.25) is 0 Å². The van der Waals surface area contributed by atoms with Crippen molar-refractivity contribution >= 4 is 18.1 Å². The van der Waals surface area contributed by atoms with Crippen molar-refractivity contribution in [2.24, 2.45) is 0 Å². The lowest BCUT2D eigenvalue weighted by atomic mass is 9.99. The third-order valence-corrected chi connectivity index (χ3v) is 3.80. The van der Waals surface area contributed by atoms with Crippen molar-refractivity contribution in [3.63, 3.8) is 0 Å². The van der Waals surface area contributed by atoms with Crippen LogP contribution in [0.3, 0.4) is 0 Å². The molecule has 2 heterocycles. The van der Waals surface area contributed by atoms with Crippen LogP contribution in [-0.4, -0.2) is 21.4 Å². The lowest BCUT2D eigenvalue weighted by Crippen LogP contribution is -2.07. The van der Waals surface area contributed by atoms with Gasteiger partial charge in [-0.1, -0.05) is 29.8 Å². The highest BCUT2D eigenvalue weighted by Gasteiger charge is 2.16. The van der Waals surface area contributed by atoms with Crippen LogP contribution in [0.5, 0.6) is 0 Å². The lowest BCUT2D eigenvalue weighted by molar-refractivity contribution is -0.133. The highest BCUT2D eigenvalue weighted by Crippen LogP contribution is 2.29. The molecule has 0 saturated heterocycles. The van der Waals surface area contributed by atoms with E-state index in [1.807, 2.05) is 36.4 Å². The zero-order valence-corrected chi connectivity index (χ0v) is 12.9. The Balaban J connectivity index is 1.93. The number of imidazole rings is 1. The number of benzene rings is 1. The highest BCUT2D eigenvalue weighted by molar-refractivity contribution is 6.32. The molecule has 0 amide bonds. The Labute approximate surface area is 138 Å². The van der Waals surface area contributed by atoms with Crippen molar-refractivity contribution < 1.29 is 9.53 Å². The summed E-state index contributed by atoms with van der Waals surface area (Å²) in [4.78, 5) is 22.0. The van der Waals surface area contributed by atoms with Crippen LogP contribution in [0, 0.1) is 0 Å². The van der Waals surface area contributed by atoms with E-state index in [0.29, 0.717) is 18.0 Å². The summed E-state index contributed by atoms with van der Waals surface area (Å²) in [7, 11) is 0. The smallest absolute Gasteiger partial charge is 0.293 e. The van der Waals surface area contributed by atoms with Crippen LogP contribution in [0.15, 0.2) is 55.1 Å². The quantitative estimate of drug-likeness (QED) is 0.555. The van der Waals surface area contributed by atoms with E-state index >= 15 is 0 Å². The molecule has 0 aliphatic heterocycles. The maximum Gasteiger partial charge on any atom is 0.293 e. The van der Waals surface area contributed by atoms with Crippen molar-refractivity contribution in [1.82, 2.24) is 15.0 Å². The molecular formula is C17H14ClN3O2. The Morgan fingerprint density at radius 2 is 2.17 bits per heavy atom. The number of hydrogen-bond donors (Lipinski definition) is 1. The monoisotopic (exact) mass is 327 g/mol. The molecule has 1 aromatic carbocycles. The van der Waals surface area contributed by atoms with Crippen LogP contribution in [-0.2, 0) is 16.0 Å². The first-order valence-corrected chi connectivity index (χ1v) is 7.43. The molecule has 0 saturated carbocycles. The van der Waals surface area contributed by atoms with Crippen molar-refractivity contribution in [3.8, 4) is 11.1 Å². The molecule has 3 rings (SSSR count). The minimum absolute atomic E-state index is 0.411. The average molecular weight is 328 g/mol. The van der Waals surface area contributed by atoms with Gasteiger partial charge in [-0.15, -0.1) is 0 Å². The van der Waals surface area contributed by atoms with Crippen molar-refractivity contribution in [3.05, 3.63) is 71.5 Å². The molecule has 5 nitrogen and oxygen atoms in total. The van der Waals surface area contributed by atoms with Crippen LogP contribution in [0.1, 0.15) is 17.4 Å². The van der Waals surface area contributed by atoms with E-state index in [1.54, 1.807) is 18.7 Å². The number of hydrogen-bond acceptors (Lipinski definition) is 4. The van der Waals surface area contributed by atoms with Crippen molar-refractivity contribution in [2.75, 3.05) is 0 Å². The molecule has 1 unspecified atom stereocenters. The first kappa shape index (κ1) is 15.2. The summed E-state index contributed by atoms with van der Waals surface area (Å²) in [6.45, 7) is 0.459. The third kappa shape index (κ3) is 3.57. The fourth-order valence-corrected chi connectivity index (χ4v) is 2.64. The fourth-order valence-electron chi connectivity index (χ4n) is 2.41. The molecule has 0 aliphatic rings. The number of aromatic amines is 1. The number of nitrogens with one attached hydrogen (secondary N) is 1. The van der Waals surface area contributed by atoms with E-state index in [9.17, 15) is 4.79 Å². The van der Waals surface area contributed by atoms with Gasteiger partial charge in [0.1, 0.15) is 11.3 Å². The largest absolute Gasteiger partial charge is 0.459 e. The van der Waals surface area contributed by atoms with E-state index in [0.717, 1.165) is 22.4 Å². The molecule has 0 aliphatic carbocycles. The molecular weight excluding hydrogens is 314 g/mol. The predicted molar refractivity (Wildman–Crippen MR) is 86.9 cm³/mol. The molecule has 1 atom stereocenters. The molecule has 2 aromatic heterocycles. The first-order valence-electron chi connectivity index (χ1n) is 7.05. The second kappa shape index (κ2) is 7.07. The molecule has 0 radical (unpaired) electrons. The van der Waals surface area contributed by atoms with E-state index in [2.05, 4.69) is 15.0 Å². The topological polar surface area (TPSA) is 67.9 Å². The van der Waals surface area contributed by atoms with Crippen LogP contribution >= 0.6 is 11.6 Å². The number of pyridine rings is 1. The van der Waals surface area contributed by atoms with Gasteiger partial charge in [-0.2, -0.15) is 0 Å². The summed E-state index contributed by atoms with van der Waals surface area (Å²) >= 11 is 6.15. The molecule has 23 heavy (non-hydrogen) atoms. The first-order chi connectivity index (χ1) is 11.3. The Hall–Kier alpha value is -2.66. The Kier molecular flexibility index (Phi) is 4.68. The van der Waals surface area contributed by atoms with Gasteiger partial charge in [0.05, 0.1) is 12.0 Å². The second-order valence-corrected chi connectivity index (χ2v) is 5.31. The second-order valence-electron chi connectivity index (χ2n) is 4.95. The number of ether oxygens (including phenoxy) is 1. The predicted octanol–water partition coefficient (Wildman–Crippen LogP) is 3.58. The summed E-state index contributed by atoms with van der Waals surface area (Å²) in [5.41, 5.74) is 3.45. The number of nitrogens with zero attached hydrogens (tertiary/aromatic N) is 2. The van der Waals surface area contributed by atoms with Crippen LogP contribution in [0.4, 0.5) is 0 Å². The van der Waals surface area contributed by atoms with Gasteiger partial charge >= 0.3 is 0 Å². The Morgan fingerprint density at radius 3 is 2.91 bits per heavy atom. The summed E-state index contributed by atoms with van der Waals surface area (Å²) in [5.74, 6) is 0. The number of H-pyrrole nitrogens is 1. The maximum absolute atomic E-state index is 10.8. The molecule has 0 spiro atoms. The highest BCUT2D eigenvalue weighted by atomic mass is 35.5. The number of halogens is 1. The Bertz CT molecular complexity index is 790. The maximum atomic E-state index is 10.8. The van der Waals surface area contributed by atoms with E-state index in [-0.39, 0.29) is 0 Å². The van der Waals surface area contributed by atoms with Gasteiger partial charge in [0.15, 0.2) is 0 Å².